The molecule has 0 spiro atoms. The van der Waals surface area contributed by atoms with Crippen LogP contribution >= 0.6 is 11.6 Å². The van der Waals surface area contributed by atoms with E-state index in [2.05, 4.69) is 10.3 Å². The smallest absolute Gasteiger partial charge is 0.216 e. The van der Waals surface area contributed by atoms with Crippen LogP contribution in [0.5, 0.6) is 0 Å². The Balaban J connectivity index is 1.61. The molecule has 0 fully saturated rings. The van der Waals surface area contributed by atoms with Gasteiger partial charge in [0.15, 0.2) is 5.78 Å². The van der Waals surface area contributed by atoms with Crippen molar-refractivity contribution in [1.29, 1.82) is 0 Å². The van der Waals surface area contributed by atoms with E-state index in [0.717, 1.165) is 23.3 Å². The van der Waals surface area contributed by atoms with Crippen LogP contribution in [0.15, 0.2) is 59.6 Å². The van der Waals surface area contributed by atoms with Gasteiger partial charge >= 0.3 is 0 Å². The van der Waals surface area contributed by atoms with Crippen LogP contribution in [-0.2, 0) is 4.74 Å². The van der Waals surface area contributed by atoms with E-state index in [-0.39, 0.29) is 16.5 Å². The van der Waals surface area contributed by atoms with Gasteiger partial charge in [0, 0.05) is 28.4 Å². The lowest BCUT2D eigenvalue weighted by Gasteiger charge is -2.12. The number of aryl methyl sites for hydroxylation is 1. The Hall–Kier alpha value is -3.25. The van der Waals surface area contributed by atoms with Crippen LogP contribution in [0.3, 0.4) is 0 Å². The van der Waals surface area contributed by atoms with Crippen molar-refractivity contribution in [3.8, 4) is 0 Å². The molecule has 1 heterocycles. The number of carbonyl (C=O) groups is 1. The number of hydrogen-bond donors (Lipinski definition) is 1. The highest BCUT2D eigenvalue weighted by atomic mass is 35.5. The molecule has 1 aliphatic heterocycles. The van der Waals surface area contributed by atoms with Crippen molar-refractivity contribution in [3.05, 3.63) is 93.5 Å². The first-order valence-corrected chi connectivity index (χ1v) is 9.65. The number of hydrogen-bond acceptors (Lipinski definition) is 4. The predicted octanol–water partition coefficient (Wildman–Crippen LogP) is 5.68. The van der Waals surface area contributed by atoms with E-state index in [1.807, 2.05) is 19.1 Å². The molecule has 0 aliphatic carbocycles. The van der Waals surface area contributed by atoms with Crippen molar-refractivity contribution in [2.75, 3.05) is 18.5 Å². The predicted molar refractivity (Wildman–Crippen MR) is 113 cm³/mol. The van der Waals surface area contributed by atoms with Crippen LogP contribution in [0, 0.1) is 18.6 Å². The number of benzene rings is 3. The summed E-state index contributed by atoms with van der Waals surface area (Å²) in [4.78, 5) is 17.4. The van der Waals surface area contributed by atoms with E-state index >= 15 is 0 Å². The molecule has 0 unspecified atom stereocenters. The van der Waals surface area contributed by atoms with Gasteiger partial charge in [-0.25, -0.2) is 13.8 Å². The van der Waals surface area contributed by atoms with Gasteiger partial charge in [-0.3, -0.25) is 4.79 Å². The average Bonchev–Trinajstić information content (AvgIpc) is 3.25. The van der Waals surface area contributed by atoms with Crippen LogP contribution in [0.25, 0.3) is 0 Å². The number of nitrogens with zero attached hydrogens (tertiary/aromatic N) is 1. The highest BCUT2D eigenvalue weighted by Crippen LogP contribution is 2.28. The summed E-state index contributed by atoms with van der Waals surface area (Å²) in [6.07, 6.45) is 0. The van der Waals surface area contributed by atoms with Gasteiger partial charge in [-0.2, -0.15) is 0 Å². The summed E-state index contributed by atoms with van der Waals surface area (Å²) < 4.78 is 32.4. The fourth-order valence-electron chi connectivity index (χ4n) is 3.18. The summed E-state index contributed by atoms with van der Waals surface area (Å²) in [5, 5.41) is 3.05. The van der Waals surface area contributed by atoms with Crippen LogP contribution in [-0.4, -0.2) is 24.8 Å². The fourth-order valence-corrected chi connectivity index (χ4v) is 3.44. The van der Waals surface area contributed by atoms with E-state index < -0.39 is 11.6 Å². The normalized spacial score (nSPS) is 13.0. The van der Waals surface area contributed by atoms with Crippen molar-refractivity contribution in [3.63, 3.8) is 0 Å². The van der Waals surface area contributed by atoms with Crippen LogP contribution in [0.4, 0.5) is 20.2 Å². The lowest BCUT2D eigenvalue weighted by molar-refractivity contribution is 0.103. The lowest BCUT2D eigenvalue weighted by Crippen LogP contribution is -2.08. The summed E-state index contributed by atoms with van der Waals surface area (Å²) >= 11 is 6.36. The van der Waals surface area contributed by atoms with Gasteiger partial charge in [0.2, 0.25) is 5.90 Å². The van der Waals surface area contributed by atoms with Gasteiger partial charge in [0.25, 0.3) is 0 Å². The molecule has 30 heavy (non-hydrogen) atoms. The fraction of sp³-hybridized carbons (Fsp3) is 0.130. The van der Waals surface area contributed by atoms with Crippen molar-refractivity contribution >= 4 is 34.7 Å². The highest BCUT2D eigenvalue weighted by Gasteiger charge is 2.19. The third kappa shape index (κ3) is 4.04. The van der Waals surface area contributed by atoms with Gasteiger partial charge in [-0.15, -0.1) is 0 Å². The average molecular weight is 427 g/mol. The maximum atomic E-state index is 13.9. The molecule has 4 nitrogen and oxygen atoms in total. The Bertz CT molecular complexity index is 1180. The number of ketones is 1. The van der Waals surface area contributed by atoms with Crippen molar-refractivity contribution < 1.29 is 18.3 Å². The zero-order valence-electron chi connectivity index (χ0n) is 16.0. The molecular formula is C23H17ClF2N2O2. The SMILES string of the molecule is Cc1ccc(C2=NCCO2)cc1C(=O)c1ccc(Nc2ccc(F)cc2F)cc1Cl. The minimum absolute atomic E-state index is 0.104. The van der Waals surface area contributed by atoms with Crippen molar-refractivity contribution in [2.45, 2.75) is 6.92 Å². The molecule has 152 valence electrons. The molecule has 3 aromatic carbocycles. The van der Waals surface area contributed by atoms with Crippen LogP contribution in [0.1, 0.15) is 27.0 Å². The molecule has 0 bridgehead atoms. The first-order valence-electron chi connectivity index (χ1n) is 9.27. The second kappa shape index (κ2) is 8.24. The Morgan fingerprint density at radius 1 is 1.07 bits per heavy atom. The Morgan fingerprint density at radius 3 is 2.60 bits per heavy atom. The van der Waals surface area contributed by atoms with Gasteiger partial charge in [0.1, 0.15) is 18.2 Å². The topological polar surface area (TPSA) is 50.7 Å². The molecule has 0 atom stereocenters. The summed E-state index contributed by atoms with van der Waals surface area (Å²) in [6.45, 7) is 2.97. The Kier molecular flexibility index (Phi) is 5.50. The van der Waals surface area contributed by atoms with Gasteiger partial charge in [-0.1, -0.05) is 17.7 Å². The first kappa shape index (κ1) is 20.0. The van der Waals surface area contributed by atoms with Gasteiger partial charge < -0.3 is 10.1 Å². The quantitative estimate of drug-likeness (QED) is 0.534. The molecule has 0 saturated carbocycles. The van der Waals surface area contributed by atoms with Crippen LogP contribution < -0.4 is 5.32 Å². The minimum atomic E-state index is -0.726. The first-order chi connectivity index (χ1) is 14.4. The Labute approximate surface area is 177 Å². The number of anilines is 2. The molecule has 7 heteroatoms. The summed E-state index contributed by atoms with van der Waals surface area (Å²) in [5.41, 5.74) is 2.93. The monoisotopic (exact) mass is 426 g/mol. The molecule has 3 aromatic rings. The van der Waals surface area contributed by atoms with Crippen molar-refractivity contribution in [2.24, 2.45) is 4.99 Å². The number of ether oxygens (including phenoxy) is 1. The molecule has 0 saturated heterocycles. The van der Waals surface area contributed by atoms with E-state index in [0.29, 0.717) is 35.9 Å². The van der Waals surface area contributed by atoms with E-state index in [1.54, 1.807) is 18.2 Å². The Morgan fingerprint density at radius 2 is 1.90 bits per heavy atom. The molecular weight excluding hydrogens is 410 g/mol. The summed E-state index contributed by atoms with van der Waals surface area (Å²) in [7, 11) is 0. The van der Waals surface area contributed by atoms with Gasteiger partial charge in [0.05, 0.1) is 17.3 Å². The summed E-state index contributed by atoms with van der Waals surface area (Å²) in [5.74, 6) is -1.10. The van der Waals surface area contributed by atoms with E-state index in [4.69, 9.17) is 16.3 Å². The zero-order valence-corrected chi connectivity index (χ0v) is 16.8. The number of rotatable bonds is 5. The summed E-state index contributed by atoms with van der Waals surface area (Å²) in [6, 6.07) is 13.4. The number of carbonyl (C=O) groups excluding carboxylic acids is 1. The maximum Gasteiger partial charge on any atom is 0.216 e. The van der Waals surface area contributed by atoms with E-state index in [9.17, 15) is 13.6 Å². The highest BCUT2D eigenvalue weighted by molar-refractivity contribution is 6.35. The van der Waals surface area contributed by atoms with E-state index in [1.165, 1.54) is 12.1 Å². The molecule has 4 rings (SSSR count). The molecule has 1 N–H and O–H groups in total. The molecule has 0 amide bonds. The number of halogens is 3. The minimum Gasteiger partial charge on any atom is -0.476 e. The largest absolute Gasteiger partial charge is 0.476 e. The zero-order chi connectivity index (χ0) is 21.3. The number of aliphatic imine (C=N–C) groups is 1. The third-order valence-electron chi connectivity index (χ3n) is 4.74. The van der Waals surface area contributed by atoms with Crippen molar-refractivity contribution in [1.82, 2.24) is 0 Å². The second-order valence-electron chi connectivity index (χ2n) is 6.84. The third-order valence-corrected chi connectivity index (χ3v) is 5.05. The standard InChI is InChI=1S/C23H17ClF2N2O2/c1-13-2-3-14(23-27-8-9-30-23)10-18(13)22(29)17-6-5-16(12-19(17)24)28-21-7-4-15(25)11-20(21)26/h2-7,10-12,28H,8-9H2,1H3. The lowest BCUT2D eigenvalue weighted by atomic mass is 9.96. The molecule has 1 aliphatic rings. The maximum absolute atomic E-state index is 13.9. The second-order valence-corrected chi connectivity index (χ2v) is 7.25. The number of nitrogens with one attached hydrogen (secondary N) is 1. The molecule has 0 radical (unpaired) electrons. The van der Waals surface area contributed by atoms with Crippen LogP contribution in [0.2, 0.25) is 5.02 Å². The van der Waals surface area contributed by atoms with Gasteiger partial charge in [-0.05, 0) is 55.0 Å². The molecule has 0 aromatic heterocycles.